The Labute approximate surface area is 83.7 Å². The van der Waals surface area contributed by atoms with Gasteiger partial charge in [-0.2, -0.15) is 0 Å². The van der Waals surface area contributed by atoms with Crippen molar-refractivity contribution in [2.75, 3.05) is 0 Å². The van der Waals surface area contributed by atoms with E-state index < -0.39 is 0 Å². The average Bonchev–Trinajstić information content (AvgIpc) is 2.26. The monoisotopic (exact) mass is 193 g/mol. The van der Waals surface area contributed by atoms with Crippen LogP contribution in [0, 0.1) is 0 Å². The molecular weight excluding hydrogens is 178 g/mol. The van der Waals surface area contributed by atoms with E-state index in [2.05, 4.69) is 22.8 Å². The van der Waals surface area contributed by atoms with E-state index in [-0.39, 0.29) is 11.9 Å². The number of rotatable bonds is 4. The quantitative estimate of drug-likeness (QED) is 0.704. The maximum absolute atomic E-state index is 11.5. The average molecular weight is 193 g/mol. The Bertz CT molecular complexity index is 287. The lowest BCUT2D eigenvalue weighted by Gasteiger charge is -2.12. The molecule has 0 saturated heterocycles. The summed E-state index contributed by atoms with van der Waals surface area (Å²) in [6.45, 7) is 4.06. The summed E-state index contributed by atoms with van der Waals surface area (Å²) in [5, 5.41) is 0. The molecule has 0 saturated carbocycles. The normalized spacial score (nSPS) is 12.1. The molecule has 1 amide bonds. The van der Waals surface area contributed by atoms with Crippen LogP contribution in [0.25, 0.3) is 0 Å². The first-order valence-electron chi connectivity index (χ1n) is 4.70. The van der Waals surface area contributed by atoms with Crippen molar-refractivity contribution in [3.8, 4) is 0 Å². The molecule has 0 bridgehead atoms. The second kappa shape index (κ2) is 5.34. The second-order valence-corrected chi connectivity index (χ2v) is 3.14. The van der Waals surface area contributed by atoms with E-state index in [0.29, 0.717) is 5.56 Å². The summed E-state index contributed by atoms with van der Waals surface area (Å²) in [7, 11) is 0. The Hall–Kier alpha value is -1.42. The van der Waals surface area contributed by atoms with Crippen molar-refractivity contribution in [3.05, 3.63) is 30.1 Å². The highest BCUT2D eigenvalue weighted by molar-refractivity contribution is 5.93. The van der Waals surface area contributed by atoms with Crippen molar-refractivity contribution in [2.24, 2.45) is 0 Å². The molecule has 0 radical (unpaired) electrons. The van der Waals surface area contributed by atoms with Crippen LogP contribution in [0.4, 0.5) is 0 Å². The summed E-state index contributed by atoms with van der Waals surface area (Å²) in [4.78, 5) is 15.3. The summed E-state index contributed by atoms with van der Waals surface area (Å²) >= 11 is 0. The molecule has 1 heterocycles. The summed E-state index contributed by atoms with van der Waals surface area (Å²) in [5.74, 6) is -0.132. The second-order valence-electron chi connectivity index (χ2n) is 3.14. The molecule has 0 aromatic carbocycles. The Kier molecular flexibility index (Phi) is 4.07. The fourth-order valence-corrected chi connectivity index (χ4v) is 0.866. The summed E-state index contributed by atoms with van der Waals surface area (Å²) in [6, 6.07) is 3.63. The zero-order valence-electron chi connectivity index (χ0n) is 8.45. The van der Waals surface area contributed by atoms with Gasteiger partial charge in [0.15, 0.2) is 0 Å². The topological polar surface area (TPSA) is 54.0 Å². The summed E-state index contributed by atoms with van der Waals surface area (Å²) in [5.41, 5.74) is 6.15. The molecule has 4 nitrogen and oxygen atoms in total. The van der Waals surface area contributed by atoms with Crippen LogP contribution in [-0.4, -0.2) is 16.9 Å². The van der Waals surface area contributed by atoms with E-state index >= 15 is 0 Å². The molecule has 0 aliphatic rings. The zero-order chi connectivity index (χ0) is 10.4. The largest absolute Gasteiger partial charge is 0.287 e. The van der Waals surface area contributed by atoms with Crippen LogP contribution in [0.15, 0.2) is 24.5 Å². The van der Waals surface area contributed by atoms with Crippen LogP contribution < -0.4 is 10.9 Å². The molecule has 2 N–H and O–H groups in total. The zero-order valence-corrected chi connectivity index (χ0v) is 8.45. The van der Waals surface area contributed by atoms with Crippen LogP contribution in [0.2, 0.25) is 0 Å². The van der Waals surface area contributed by atoms with Gasteiger partial charge in [0.05, 0.1) is 0 Å². The first kappa shape index (κ1) is 10.7. The predicted molar refractivity (Wildman–Crippen MR) is 54.6 cm³/mol. The van der Waals surface area contributed by atoms with Crippen molar-refractivity contribution >= 4 is 5.91 Å². The van der Waals surface area contributed by atoms with Crippen molar-refractivity contribution in [3.63, 3.8) is 0 Å². The number of hydrogen-bond acceptors (Lipinski definition) is 3. The fourth-order valence-electron chi connectivity index (χ4n) is 0.866. The van der Waals surface area contributed by atoms with Gasteiger partial charge in [-0.15, -0.1) is 0 Å². The van der Waals surface area contributed by atoms with Gasteiger partial charge in [-0.25, -0.2) is 5.43 Å². The molecule has 1 aromatic rings. The standard InChI is InChI=1S/C10H15N3O/c1-3-8(2)12-13-10(14)9-4-6-11-7-5-9/h4-8,12H,3H2,1-2H3,(H,13,14)/t8-/m1/s1. The van der Waals surface area contributed by atoms with Crippen LogP contribution in [-0.2, 0) is 0 Å². The van der Waals surface area contributed by atoms with Crippen LogP contribution in [0.3, 0.4) is 0 Å². The Morgan fingerprint density at radius 2 is 2.14 bits per heavy atom. The minimum absolute atomic E-state index is 0.132. The minimum atomic E-state index is -0.132. The van der Waals surface area contributed by atoms with Crippen molar-refractivity contribution in [1.29, 1.82) is 0 Å². The number of pyridine rings is 1. The molecule has 1 aromatic heterocycles. The van der Waals surface area contributed by atoms with E-state index in [1.54, 1.807) is 24.5 Å². The molecule has 1 atom stereocenters. The number of hydrazine groups is 1. The Morgan fingerprint density at radius 3 is 2.71 bits per heavy atom. The van der Waals surface area contributed by atoms with Crippen molar-refractivity contribution in [1.82, 2.24) is 15.8 Å². The SMILES string of the molecule is CC[C@@H](C)NNC(=O)c1ccncc1. The van der Waals surface area contributed by atoms with Gasteiger partial charge in [0.1, 0.15) is 0 Å². The van der Waals surface area contributed by atoms with E-state index in [1.807, 2.05) is 6.92 Å². The molecule has 0 aliphatic carbocycles. The van der Waals surface area contributed by atoms with Crippen LogP contribution in [0.1, 0.15) is 30.6 Å². The van der Waals surface area contributed by atoms with Crippen molar-refractivity contribution in [2.45, 2.75) is 26.3 Å². The Balaban J connectivity index is 2.44. The third-order valence-corrected chi connectivity index (χ3v) is 1.99. The number of carbonyl (C=O) groups excluding carboxylic acids is 1. The number of nitrogens with zero attached hydrogens (tertiary/aromatic N) is 1. The fraction of sp³-hybridized carbons (Fsp3) is 0.400. The maximum Gasteiger partial charge on any atom is 0.265 e. The van der Waals surface area contributed by atoms with Crippen molar-refractivity contribution < 1.29 is 4.79 Å². The smallest absolute Gasteiger partial charge is 0.265 e. The molecule has 0 aliphatic heterocycles. The van der Waals surface area contributed by atoms with E-state index in [9.17, 15) is 4.79 Å². The van der Waals surface area contributed by atoms with E-state index in [1.165, 1.54) is 0 Å². The summed E-state index contributed by atoms with van der Waals surface area (Å²) < 4.78 is 0. The molecule has 1 rings (SSSR count). The van der Waals surface area contributed by atoms with Gasteiger partial charge in [-0.1, -0.05) is 6.92 Å². The molecule has 4 heteroatoms. The third-order valence-electron chi connectivity index (χ3n) is 1.99. The molecule has 76 valence electrons. The van der Waals surface area contributed by atoms with Crippen LogP contribution >= 0.6 is 0 Å². The minimum Gasteiger partial charge on any atom is -0.287 e. The lowest BCUT2D eigenvalue weighted by molar-refractivity contribution is 0.0926. The first-order chi connectivity index (χ1) is 6.74. The summed E-state index contributed by atoms with van der Waals surface area (Å²) in [6.07, 6.45) is 4.16. The molecule has 0 fully saturated rings. The van der Waals surface area contributed by atoms with Gasteiger partial charge >= 0.3 is 0 Å². The first-order valence-corrected chi connectivity index (χ1v) is 4.70. The highest BCUT2D eigenvalue weighted by Crippen LogP contribution is 1.94. The number of aromatic nitrogens is 1. The van der Waals surface area contributed by atoms with Gasteiger partial charge in [-0.05, 0) is 25.5 Å². The van der Waals surface area contributed by atoms with Gasteiger partial charge in [0.2, 0.25) is 0 Å². The third kappa shape index (κ3) is 3.14. The Morgan fingerprint density at radius 1 is 1.50 bits per heavy atom. The molecule has 14 heavy (non-hydrogen) atoms. The van der Waals surface area contributed by atoms with Gasteiger partial charge in [0, 0.05) is 24.0 Å². The predicted octanol–water partition coefficient (Wildman–Crippen LogP) is 1.11. The number of hydrogen-bond donors (Lipinski definition) is 2. The van der Waals surface area contributed by atoms with Gasteiger partial charge in [-0.3, -0.25) is 15.2 Å². The maximum atomic E-state index is 11.5. The molecule has 0 spiro atoms. The lowest BCUT2D eigenvalue weighted by atomic mass is 10.2. The highest BCUT2D eigenvalue weighted by atomic mass is 16.2. The van der Waals surface area contributed by atoms with Gasteiger partial charge in [0.25, 0.3) is 5.91 Å². The van der Waals surface area contributed by atoms with Crippen LogP contribution in [0.5, 0.6) is 0 Å². The molecular formula is C10H15N3O. The van der Waals surface area contributed by atoms with Gasteiger partial charge < -0.3 is 0 Å². The lowest BCUT2D eigenvalue weighted by Crippen LogP contribution is -2.42. The number of amides is 1. The van der Waals surface area contributed by atoms with E-state index in [4.69, 9.17) is 0 Å². The highest BCUT2D eigenvalue weighted by Gasteiger charge is 2.04. The van der Waals surface area contributed by atoms with E-state index in [0.717, 1.165) is 6.42 Å². The number of carbonyl (C=O) groups is 1. The molecule has 0 unspecified atom stereocenters. The number of nitrogens with one attached hydrogen (secondary N) is 2.